The Morgan fingerprint density at radius 1 is 1.29 bits per heavy atom. The first-order valence-electron chi connectivity index (χ1n) is 8.14. The van der Waals surface area contributed by atoms with Crippen LogP contribution in [0.25, 0.3) is 0 Å². The maximum atomic E-state index is 12.2. The van der Waals surface area contributed by atoms with Gasteiger partial charge in [0.1, 0.15) is 5.75 Å². The lowest BCUT2D eigenvalue weighted by atomic mass is 10.0. The number of aryl methyl sites for hydroxylation is 1. The largest absolute Gasteiger partial charge is 0.493 e. The first-order valence-corrected chi connectivity index (χ1v) is 8.94. The van der Waals surface area contributed by atoms with Crippen LogP contribution in [-0.4, -0.2) is 19.2 Å². The fourth-order valence-corrected chi connectivity index (χ4v) is 3.30. The van der Waals surface area contributed by atoms with E-state index in [1.165, 1.54) is 11.1 Å². The van der Waals surface area contributed by atoms with E-state index in [0.717, 1.165) is 28.6 Å². The van der Waals surface area contributed by atoms with Crippen LogP contribution in [0.3, 0.4) is 0 Å². The molecule has 1 heterocycles. The van der Waals surface area contributed by atoms with E-state index in [-0.39, 0.29) is 12.1 Å². The van der Waals surface area contributed by atoms with Crippen molar-refractivity contribution in [3.63, 3.8) is 0 Å². The Balaban J connectivity index is 1.55. The number of hydrogen-bond donors (Lipinski definition) is 2. The Kier molecular flexibility index (Phi) is 5.41. The average molecular weight is 389 g/mol. The molecule has 4 nitrogen and oxygen atoms in total. The molecule has 0 aliphatic carbocycles. The second-order valence-corrected chi connectivity index (χ2v) is 6.86. The number of urea groups is 1. The van der Waals surface area contributed by atoms with E-state index < -0.39 is 0 Å². The number of rotatable bonds is 4. The molecule has 0 spiro atoms. The van der Waals surface area contributed by atoms with Gasteiger partial charge < -0.3 is 15.4 Å². The lowest BCUT2D eigenvalue weighted by molar-refractivity contribution is 0.223. The van der Waals surface area contributed by atoms with E-state index in [1.807, 2.05) is 30.3 Å². The fraction of sp³-hybridized carbons (Fsp3) is 0.316. The Morgan fingerprint density at radius 2 is 2.12 bits per heavy atom. The predicted molar refractivity (Wildman–Crippen MR) is 98.4 cm³/mol. The van der Waals surface area contributed by atoms with Gasteiger partial charge >= 0.3 is 6.03 Å². The van der Waals surface area contributed by atoms with E-state index in [0.29, 0.717) is 13.2 Å². The summed E-state index contributed by atoms with van der Waals surface area (Å²) in [6.45, 7) is 3.32. The van der Waals surface area contributed by atoms with Crippen LogP contribution < -0.4 is 15.4 Å². The fourth-order valence-electron chi connectivity index (χ4n) is 2.93. The Labute approximate surface area is 150 Å². The highest BCUT2D eigenvalue weighted by Gasteiger charge is 2.23. The molecule has 2 amide bonds. The number of carbonyl (C=O) groups is 1. The van der Waals surface area contributed by atoms with Crippen molar-refractivity contribution in [3.05, 3.63) is 63.6 Å². The van der Waals surface area contributed by atoms with Gasteiger partial charge in [0.05, 0.1) is 12.6 Å². The van der Waals surface area contributed by atoms with E-state index in [1.54, 1.807) is 0 Å². The summed E-state index contributed by atoms with van der Waals surface area (Å²) < 4.78 is 6.63. The van der Waals surface area contributed by atoms with Crippen LogP contribution in [0.1, 0.15) is 29.2 Å². The zero-order valence-electron chi connectivity index (χ0n) is 13.6. The summed E-state index contributed by atoms with van der Waals surface area (Å²) in [5, 5.41) is 6.00. The SMILES string of the molecule is Cc1ccccc1CCNC(=O)NC1CCOc2ccc(Br)cc21. The summed E-state index contributed by atoms with van der Waals surface area (Å²) in [5.74, 6) is 0.842. The highest BCUT2D eigenvalue weighted by Crippen LogP contribution is 2.33. The molecular weight excluding hydrogens is 368 g/mol. The van der Waals surface area contributed by atoms with Crippen LogP contribution in [-0.2, 0) is 6.42 Å². The molecule has 1 aliphatic rings. The maximum absolute atomic E-state index is 12.2. The third-order valence-electron chi connectivity index (χ3n) is 4.26. The second kappa shape index (κ2) is 7.71. The van der Waals surface area contributed by atoms with Gasteiger partial charge in [0.15, 0.2) is 0 Å². The number of halogens is 1. The molecule has 3 rings (SSSR count). The molecule has 1 aliphatic heterocycles. The van der Waals surface area contributed by atoms with Gasteiger partial charge in [0.25, 0.3) is 0 Å². The number of benzene rings is 2. The molecular formula is C19H21BrN2O2. The summed E-state index contributed by atoms with van der Waals surface area (Å²) in [5.41, 5.74) is 3.53. The number of hydrogen-bond acceptors (Lipinski definition) is 2. The summed E-state index contributed by atoms with van der Waals surface area (Å²) in [7, 11) is 0. The van der Waals surface area contributed by atoms with Gasteiger partial charge in [-0.25, -0.2) is 4.79 Å². The lowest BCUT2D eigenvalue weighted by Crippen LogP contribution is -2.40. The minimum absolute atomic E-state index is 0.0234. The number of fused-ring (bicyclic) bond motifs is 1. The standard InChI is InChI=1S/C19H21BrN2O2/c1-13-4-2-3-5-14(13)8-10-21-19(23)22-17-9-11-24-18-7-6-15(20)12-16(17)18/h2-7,12,17H,8-11H2,1H3,(H2,21,22,23). The molecule has 5 heteroatoms. The molecule has 126 valence electrons. The van der Waals surface area contributed by atoms with Gasteiger partial charge in [-0.2, -0.15) is 0 Å². The van der Waals surface area contributed by atoms with Gasteiger partial charge in [-0.3, -0.25) is 0 Å². The van der Waals surface area contributed by atoms with E-state index in [2.05, 4.69) is 45.6 Å². The van der Waals surface area contributed by atoms with Crippen LogP contribution in [0.5, 0.6) is 5.75 Å². The number of carbonyl (C=O) groups excluding carboxylic acids is 1. The van der Waals surface area contributed by atoms with Crippen molar-refractivity contribution < 1.29 is 9.53 Å². The topological polar surface area (TPSA) is 50.4 Å². The van der Waals surface area contributed by atoms with Gasteiger partial charge in [0, 0.05) is 23.0 Å². The van der Waals surface area contributed by atoms with Gasteiger partial charge in [-0.05, 0) is 42.7 Å². The molecule has 0 aromatic heterocycles. The number of nitrogens with one attached hydrogen (secondary N) is 2. The molecule has 0 fully saturated rings. The predicted octanol–water partition coefficient (Wildman–Crippen LogP) is 4.12. The van der Waals surface area contributed by atoms with Crippen molar-refractivity contribution in [1.29, 1.82) is 0 Å². The Hall–Kier alpha value is -2.01. The quantitative estimate of drug-likeness (QED) is 0.827. The zero-order chi connectivity index (χ0) is 16.9. The zero-order valence-corrected chi connectivity index (χ0v) is 15.2. The van der Waals surface area contributed by atoms with Crippen molar-refractivity contribution in [1.82, 2.24) is 10.6 Å². The lowest BCUT2D eigenvalue weighted by Gasteiger charge is -2.27. The highest BCUT2D eigenvalue weighted by atomic mass is 79.9. The maximum Gasteiger partial charge on any atom is 0.315 e. The third-order valence-corrected chi connectivity index (χ3v) is 4.75. The molecule has 1 atom stereocenters. The van der Waals surface area contributed by atoms with Crippen LogP contribution in [0.15, 0.2) is 46.9 Å². The van der Waals surface area contributed by atoms with Crippen molar-refractivity contribution in [2.45, 2.75) is 25.8 Å². The van der Waals surface area contributed by atoms with Gasteiger partial charge in [-0.1, -0.05) is 40.2 Å². The highest BCUT2D eigenvalue weighted by molar-refractivity contribution is 9.10. The minimum atomic E-state index is -0.138. The summed E-state index contributed by atoms with van der Waals surface area (Å²) in [6, 6.07) is 14.0. The summed E-state index contributed by atoms with van der Waals surface area (Å²) in [6.07, 6.45) is 1.60. The molecule has 24 heavy (non-hydrogen) atoms. The smallest absolute Gasteiger partial charge is 0.315 e. The van der Waals surface area contributed by atoms with Gasteiger partial charge in [-0.15, -0.1) is 0 Å². The summed E-state index contributed by atoms with van der Waals surface area (Å²) in [4.78, 5) is 12.2. The summed E-state index contributed by atoms with van der Waals surface area (Å²) >= 11 is 3.47. The first kappa shape index (κ1) is 16.8. The second-order valence-electron chi connectivity index (χ2n) is 5.95. The van der Waals surface area contributed by atoms with Crippen LogP contribution in [0, 0.1) is 6.92 Å². The van der Waals surface area contributed by atoms with E-state index >= 15 is 0 Å². The van der Waals surface area contributed by atoms with Crippen molar-refractivity contribution in [2.24, 2.45) is 0 Å². The van der Waals surface area contributed by atoms with E-state index in [4.69, 9.17) is 4.74 Å². The molecule has 0 bridgehead atoms. The van der Waals surface area contributed by atoms with Crippen LogP contribution in [0.2, 0.25) is 0 Å². The molecule has 0 saturated carbocycles. The normalized spacial score (nSPS) is 16.0. The monoisotopic (exact) mass is 388 g/mol. The van der Waals surface area contributed by atoms with Crippen LogP contribution in [0.4, 0.5) is 4.79 Å². The third kappa shape index (κ3) is 4.09. The molecule has 0 saturated heterocycles. The van der Waals surface area contributed by atoms with Crippen molar-refractivity contribution >= 4 is 22.0 Å². The number of ether oxygens (including phenoxy) is 1. The molecule has 2 N–H and O–H groups in total. The minimum Gasteiger partial charge on any atom is -0.493 e. The average Bonchev–Trinajstić information content (AvgIpc) is 2.57. The Morgan fingerprint density at radius 3 is 2.96 bits per heavy atom. The van der Waals surface area contributed by atoms with Gasteiger partial charge in [0.2, 0.25) is 0 Å². The molecule has 1 unspecified atom stereocenters. The molecule has 2 aromatic rings. The Bertz CT molecular complexity index is 733. The van der Waals surface area contributed by atoms with Crippen molar-refractivity contribution in [3.8, 4) is 5.75 Å². The van der Waals surface area contributed by atoms with E-state index in [9.17, 15) is 4.79 Å². The van der Waals surface area contributed by atoms with Crippen molar-refractivity contribution in [2.75, 3.05) is 13.2 Å². The number of amides is 2. The molecule has 0 radical (unpaired) electrons. The molecule has 2 aromatic carbocycles. The van der Waals surface area contributed by atoms with Crippen LogP contribution >= 0.6 is 15.9 Å². The first-order chi connectivity index (χ1) is 11.6.